The summed E-state index contributed by atoms with van der Waals surface area (Å²) in [4.78, 5) is 5.44. The highest BCUT2D eigenvalue weighted by atomic mass is 32.2. The molecule has 0 fully saturated rings. The molecule has 1 unspecified atom stereocenters. The number of fused-ring (bicyclic) bond motifs is 1. The number of aromatic nitrogens is 1. The van der Waals surface area contributed by atoms with Gasteiger partial charge in [-0.1, -0.05) is 0 Å². The van der Waals surface area contributed by atoms with Crippen molar-refractivity contribution in [2.75, 3.05) is 5.75 Å². The summed E-state index contributed by atoms with van der Waals surface area (Å²) in [5.41, 5.74) is 3.97. The molecule has 0 radical (unpaired) electrons. The van der Waals surface area contributed by atoms with Crippen LogP contribution in [0, 0.1) is 5.82 Å². The Hall–Kier alpha value is -0.910. The maximum absolute atomic E-state index is 13.3. The molecule has 2 aromatic rings. The highest BCUT2D eigenvalue weighted by Gasteiger charge is 2.20. The van der Waals surface area contributed by atoms with Crippen molar-refractivity contribution < 1.29 is 4.39 Å². The first-order chi connectivity index (χ1) is 8.83. The van der Waals surface area contributed by atoms with Gasteiger partial charge in [0.15, 0.2) is 0 Å². The Bertz CT molecular complexity index is 528. The predicted molar refractivity (Wildman–Crippen MR) is 73.4 cm³/mol. The SMILES string of the molecule is Fc1ccc2c(c1)C(NCc1cscn1)CCS2. The van der Waals surface area contributed by atoms with Crippen LogP contribution in [0.4, 0.5) is 4.39 Å². The van der Waals surface area contributed by atoms with E-state index in [9.17, 15) is 4.39 Å². The Labute approximate surface area is 114 Å². The van der Waals surface area contributed by atoms with Crippen LogP contribution < -0.4 is 5.32 Å². The number of halogens is 1. The van der Waals surface area contributed by atoms with Crippen LogP contribution in [0.25, 0.3) is 0 Å². The second-order valence-corrected chi connectivity index (χ2v) is 6.09. The van der Waals surface area contributed by atoms with Gasteiger partial charge in [0.2, 0.25) is 0 Å². The molecule has 0 saturated carbocycles. The van der Waals surface area contributed by atoms with E-state index in [1.54, 1.807) is 29.2 Å². The van der Waals surface area contributed by atoms with Gasteiger partial charge in [0.1, 0.15) is 5.82 Å². The maximum atomic E-state index is 13.3. The molecule has 18 heavy (non-hydrogen) atoms. The predicted octanol–water partition coefficient (Wildman–Crippen LogP) is 3.61. The quantitative estimate of drug-likeness (QED) is 0.929. The molecule has 94 valence electrons. The van der Waals surface area contributed by atoms with Crippen molar-refractivity contribution in [3.63, 3.8) is 0 Å². The molecule has 1 aromatic carbocycles. The van der Waals surface area contributed by atoms with Gasteiger partial charge in [-0.25, -0.2) is 9.37 Å². The van der Waals surface area contributed by atoms with Crippen LogP contribution in [0.5, 0.6) is 0 Å². The Kier molecular flexibility index (Phi) is 3.63. The highest BCUT2D eigenvalue weighted by Crippen LogP contribution is 2.36. The van der Waals surface area contributed by atoms with Gasteiger partial charge >= 0.3 is 0 Å². The normalized spacial score (nSPS) is 18.6. The molecular formula is C13H13FN2S2. The van der Waals surface area contributed by atoms with E-state index in [2.05, 4.69) is 10.3 Å². The Morgan fingerprint density at radius 3 is 3.22 bits per heavy atom. The number of thiazole rings is 1. The number of nitrogens with zero attached hydrogens (tertiary/aromatic N) is 1. The number of benzene rings is 1. The molecule has 1 aliphatic heterocycles. The second-order valence-electron chi connectivity index (χ2n) is 4.23. The summed E-state index contributed by atoms with van der Waals surface area (Å²) in [5, 5.41) is 5.51. The third-order valence-electron chi connectivity index (χ3n) is 3.02. The molecule has 1 atom stereocenters. The molecule has 1 aromatic heterocycles. The van der Waals surface area contributed by atoms with Crippen molar-refractivity contribution in [3.05, 3.63) is 46.2 Å². The third kappa shape index (κ3) is 2.58. The smallest absolute Gasteiger partial charge is 0.123 e. The van der Waals surface area contributed by atoms with Gasteiger partial charge in [0.25, 0.3) is 0 Å². The van der Waals surface area contributed by atoms with Crippen molar-refractivity contribution in [1.29, 1.82) is 0 Å². The molecule has 1 N–H and O–H groups in total. The first kappa shape index (κ1) is 12.1. The average Bonchev–Trinajstić information content (AvgIpc) is 2.89. The first-order valence-electron chi connectivity index (χ1n) is 5.85. The summed E-state index contributed by atoms with van der Waals surface area (Å²) in [6.07, 6.45) is 1.03. The van der Waals surface area contributed by atoms with Crippen molar-refractivity contribution in [3.8, 4) is 0 Å². The fourth-order valence-electron chi connectivity index (χ4n) is 2.13. The van der Waals surface area contributed by atoms with E-state index in [1.807, 2.05) is 17.0 Å². The largest absolute Gasteiger partial charge is 0.304 e. The Morgan fingerprint density at radius 1 is 1.44 bits per heavy atom. The molecule has 1 aliphatic rings. The molecule has 3 rings (SSSR count). The fourth-order valence-corrected chi connectivity index (χ4v) is 3.79. The van der Waals surface area contributed by atoms with Crippen LogP contribution in [-0.2, 0) is 6.54 Å². The Morgan fingerprint density at radius 2 is 2.39 bits per heavy atom. The van der Waals surface area contributed by atoms with Crippen molar-refractivity contribution >= 4 is 23.1 Å². The van der Waals surface area contributed by atoms with Crippen molar-refractivity contribution in [2.24, 2.45) is 0 Å². The minimum atomic E-state index is -0.156. The number of rotatable bonds is 3. The molecular weight excluding hydrogens is 267 g/mol. The molecule has 0 saturated heterocycles. The minimum Gasteiger partial charge on any atom is -0.304 e. The minimum absolute atomic E-state index is 0.156. The second kappa shape index (κ2) is 5.38. The zero-order valence-corrected chi connectivity index (χ0v) is 11.4. The van der Waals surface area contributed by atoms with Crippen LogP contribution in [-0.4, -0.2) is 10.7 Å². The standard InChI is InChI=1S/C13H13FN2S2/c14-9-1-2-13-11(5-9)12(3-4-18-13)15-6-10-7-17-8-16-10/h1-2,5,7-8,12,15H,3-4,6H2. The lowest BCUT2D eigenvalue weighted by atomic mass is 10.0. The molecule has 5 heteroatoms. The first-order valence-corrected chi connectivity index (χ1v) is 7.78. The van der Waals surface area contributed by atoms with E-state index >= 15 is 0 Å². The highest BCUT2D eigenvalue weighted by molar-refractivity contribution is 7.99. The van der Waals surface area contributed by atoms with Crippen LogP contribution in [0.15, 0.2) is 34.0 Å². The van der Waals surface area contributed by atoms with Gasteiger partial charge < -0.3 is 5.32 Å². The lowest BCUT2D eigenvalue weighted by Crippen LogP contribution is -2.24. The lowest BCUT2D eigenvalue weighted by Gasteiger charge is -2.25. The van der Waals surface area contributed by atoms with Crippen LogP contribution in [0.3, 0.4) is 0 Å². The van der Waals surface area contributed by atoms with Crippen molar-refractivity contribution in [1.82, 2.24) is 10.3 Å². The van der Waals surface area contributed by atoms with Gasteiger partial charge in [-0.15, -0.1) is 23.1 Å². The van der Waals surface area contributed by atoms with Gasteiger partial charge in [-0.2, -0.15) is 0 Å². The van der Waals surface area contributed by atoms with E-state index in [0.29, 0.717) is 0 Å². The summed E-state index contributed by atoms with van der Waals surface area (Å²) in [6, 6.07) is 5.31. The van der Waals surface area contributed by atoms with Crippen LogP contribution in [0.2, 0.25) is 0 Å². The van der Waals surface area contributed by atoms with Gasteiger partial charge in [0.05, 0.1) is 11.2 Å². The fraction of sp³-hybridized carbons (Fsp3) is 0.308. The summed E-state index contributed by atoms with van der Waals surface area (Å²) < 4.78 is 13.3. The zero-order valence-electron chi connectivity index (χ0n) is 9.73. The number of thioether (sulfide) groups is 1. The van der Waals surface area contributed by atoms with E-state index in [4.69, 9.17) is 0 Å². The van der Waals surface area contributed by atoms with Crippen LogP contribution >= 0.6 is 23.1 Å². The van der Waals surface area contributed by atoms with E-state index in [-0.39, 0.29) is 11.9 Å². The van der Waals surface area contributed by atoms with E-state index in [0.717, 1.165) is 30.0 Å². The third-order valence-corrected chi connectivity index (χ3v) is 4.78. The number of hydrogen-bond donors (Lipinski definition) is 1. The van der Waals surface area contributed by atoms with Gasteiger partial charge in [0, 0.05) is 22.9 Å². The molecule has 0 aliphatic carbocycles. The van der Waals surface area contributed by atoms with Gasteiger partial charge in [-0.05, 0) is 35.9 Å². The topological polar surface area (TPSA) is 24.9 Å². The molecule has 2 heterocycles. The molecule has 0 bridgehead atoms. The van der Waals surface area contributed by atoms with E-state index in [1.165, 1.54) is 11.0 Å². The monoisotopic (exact) mass is 280 g/mol. The lowest BCUT2D eigenvalue weighted by molar-refractivity contribution is 0.501. The maximum Gasteiger partial charge on any atom is 0.123 e. The van der Waals surface area contributed by atoms with E-state index < -0.39 is 0 Å². The summed E-state index contributed by atoms with van der Waals surface area (Å²) in [7, 11) is 0. The Balaban J connectivity index is 1.76. The number of hydrogen-bond acceptors (Lipinski definition) is 4. The molecule has 2 nitrogen and oxygen atoms in total. The summed E-state index contributed by atoms with van der Waals surface area (Å²) in [6.45, 7) is 0.745. The molecule has 0 spiro atoms. The summed E-state index contributed by atoms with van der Waals surface area (Å²) >= 11 is 3.40. The number of nitrogens with one attached hydrogen (secondary N) is 1. The van der Waals surface area contributed by atoms with Gasteiger partial charge in [-0.3, -0.25) is 0 Å². The zero-order chi connectivity index (χ0) is 12.4. The van der Waals surface area contributed by atoms with Crippen LogP contribution in [0.1, 0.15) is 23.7 Å². The van der Waals surface area contributed by atoms with Crippen molar-refractivity contribution in [2.45, 2.75) is 23.9 Å². The summed E-state index contributed by atoms with van der Waals surface area (Å²) in [5.74, 6) is 0.921. The molecule has 0 amide bonds. The average molecular weight is 280 g/mol.